The quantitative estimate of drug-likeness (QED) is 0.889. The van der Waals surface area contributed by atoms with Crippen LogP contribution < -0.4 is 0 Å². The summed E-state index contributed by atoms with van der Waals surface area (Å²) in [5.74, 6) is 0.397. The summed E-state index contributed by atoms with van der Waals surface area (Å²) in [6.45, 7) is 0. The zero-order chi connectivity index (χ0) is 11.1. The van der Waals surface area contributed by atoms with Crippen LogP contribution in [0, 0.1) is 5.82 Å². The van der Waals surface area contributed by atoms with E-state index in [-0.39, 0.29) is 5.82 Å². The van der Waals surface area contributed by atoms with Gasteiger partial charge in [0.15, 0.2) is 0 Å². The summed E-state index contributed by atoms with van der Waals surface area (Å²) in [5.41, 5.74) is 2.96. The number of benzene rings is 1. The summed E-state index contributed by atoms with van der Waals surface area (Å²) in [6, 6.07) is 6.39. The molecule has 3 rings (SSSR count). The Hall–Kier alpha value is -1.16. The van der Waals surface area contributed by atoms with Crippen LogP contribution in [0.4, 0.5) is 4.39 Å². The van der Waals surface area contributed by atoms with Gasteiger partial charge in [-0.25, -0.2) is 4.39 Å². The molecular weight excluding hydrogens is 271 g/mol. The van der Waals surface area contributed by atoms with Gasteiger partial charge in [-0.3, -0.25) is 5.10 Å². The normalized spacial score (nSPS) is 15.4. The molecule has 16 heavy (non-hydrogen) atoms. The van der Waals surface area contributed by atoms with Gasteiger partial charge in [-0.2, -0.15) is 5.10 Å². The molecule has 0 atom stereocenters. The monoisotopic (exact) mass is 280 g/mol. The summed E-state index contributed by atoms with van der Waals surface area (Å²) in [6.07, 6.45) is 2.45. The zero-order valence-corrected chi connectivity index (χ0v) is 10.1. The largest absolute Gasteiger partial charge is 0.280 e. The molecule has 82 valence electrons. The van der Waals surface area contributed by atoms with E-state index in [1.807, 2.05) is 0 Å². The summed E-state index contributed by atoms with van der Waals surface area (Å²) < 4.78 is 13.8. The average molecular weight is 281 g/mol. The van der Waals surface area contributed by atoms with Crippen molar-refractivity contribution in [1.29, 1.82) is 0 Å². The summed E-state index contributed by atoms with van der Waals surface area (Å²) in [7, 11) is 0. The van der Waals surface area contributed by atoms with Gasteiger partial charge < -0.3 is 0 Å². The Bertz CT molecular complexity index is 514. The van der Waals surface area contributed by atoms with Crippen molar-refractivity contribution in [3.63, 3.8) is 0 Å². The molecule has 1 N–H and O–H groups in total. The number of nitrogens with one attached hydrogen (secondary N) is 1. The Morgan fingerprint density at radius 2 is 1.94 bits per heavy atom. The van der Waals surface area contributed by atoms with Crippen LogP contribution in [0.15, 0.2) is 28.7 Å². The van der Waals surface area contributed by atoms with Gasteiger partial charge in [-0.15, -0.1) is 0 Å². The maximum Gasteiger partial charge on any atom is 0.123 e. The highest BCUT2D eigenvalue weighted by Gasteiger charge is 2.29. The molecule has 1 fully saturated rings. The predicted molar refractivity (Wildman–Crippen MR) is 63.7 cm³/mol. The molecule has 0 aliphatic heterocycles. The molecule has 0 saturated heterocycles. The first-order valence-electron chi connectivity index (χ1n) is 5.25. The summed E-state index contributed by atoms with van der Waals surface area (Å²) >= 11 is 3.56. The molecule has 2 nitrogen and oxygen atoms in total. The summed E-state index contributed by atoms with van der Waals surface area (Å²) in [4.78, 5) is 0. The maximum atomic E-state index is 12.8. The van der Waals surface area contributed by atoms with Gasteiger partial charge >= 0.3 is 0 Å². The van der Waals surface area contributed by atoms with E-state index in [0.29, 0.717) is 5.92 Å². The number of rotatable bonds is 2. The molecule has 2 aromatic rings. The number of hydrogen-bond donors (Lipinski definition) is 1. The Morgan fingerprint density at radius 1 is 1.25 bits per heavy atom. The molecule has 0 unspecified atom stereocenters. The van der Waals surface area contributed by atoms with Crippen molar-refractivity contribution in [2.24, 2.45) is 0 Å². The van der Waals surface area contributed by atoms with Crippen molar-refractivity contribution in [3.05, 3.63) is 40.2 Å². The van der Waals surface area contributed by atoms with E-state index in [0.717, 1.165) is 15.7 Å². The highest BCUT2D eigenvalue weighted by Crippen LogP contribution is 2.44. The van der Waals surface area contributed by atoms with Crippen molar-refractivity contribution in [2.45, 2.75) is 18.8 Å². The molecular formula is C12H10BrFN2. The molecule has 1 heterocycles. The molecule has 1 aromatic heterocycles. The smallest absolute Gasteiger partial charge is 0.123 e. The van der Waals surface area contributed by atoms with Crippen LogP contribution in [-0.4, -0.2) is 10.2 Å². The number of halogens is 2. The highest BCUT2D eigenvalue weighted by molar-refractivity contribution is 9.10. The first-order chi connectivity index (χ1) is 7.75. The van der Waals surface area contributed by atoms with Crippen molar-refractivity contribution < 1.29 is 4.39 Å². The predicted octanol–water partition coefficient (Wildman–Crippen LogP) is 3.86. The second-order valence-corrected chi connectivity index (χ2v) is 4.87. The molecule has 1 saturated carbocycles. The SMILES string of the molecule is Fc1ccc(-c2n[nH]c(C3CC3)c2Br)cc1. The third-order valence-electron chi connectivity index (χ3n) is 2.84. The van der Waals surface area contributed by atoms with Crippen LogP contribution >= 0.6 is 15.9 Å². The topological polar surface area (TPSA) is 28.7 Å². The minimum Gasteiger partial charge on any atom is -0.280 e. The Morgan fingerprint density at radius 3 is 2.56 bits per heavy atom. The molecule has 0 bridgehead atoms. The fourth-order valence-electron chi connectivity index (χ4n) is 1.78. The number of aromatic nitrogens is 2. The van der Waals surface area contributed by atoms with E-state index in [4.69, 9.17) is 0 Å². The van der Waals surface area contributed by atoms with Crippen molar-refractivity contribution in [1.82, 2.24) is 10.2 Å². The second kappa shape index (κ2) is 3.70. The van der Waals surface area contributed by atoms with Gasteiger partial charge in [0, 0.05) is 11.5 Å². The van der Waals surface area contributed by atoms with Gasteiger partial charge in [-0.1, -0.05) is 0 Å². The fraction of sp³-hybridized carbons (Fsp3) is 0.250. The molecule has 0 amide bonds. The van der Waals surface area contributed by atoms with E-state index in [1.54, 1.807) is 12.1 Å². The van der Waals surface area contributed by atoms with E-state index < -0.39 is 0 Å². The highest BCUT2D eigenvalue weighted by atomic mass is 79.9. The summed E-state index contributed by atoms with van der Waals surface area (Å²) in [5, 5.41) is 7.34. The molecule has 1 aliphatic carbocycles. The van der Waals surface area contributed by atoms with Crippen LogP contribution in [0.3, 0.4) is 0 Å². The van der Waals surface area contributed by atoms with Crippen molar-refractivity contribution in [2.75, 3.05) is 0 Å². The Kier molecular flexibility index (Phi) is 2.32. The van der Waals surface area contributed by atoms with Gasteiger partial charge in [0.25, 0.3) is 0 Å². The lowest BCUT2D eigenvalue weighted by atomic mass is 10.1. The number of hydrogen-bond acceptors (Lipinski definition) is 1. The average Bonchev–Trinajstić information content (AvgIpc) is 3.05. The molecule has 1 aromatic carbocycles. The van der Waals surface area contributed by atoms with Crippen LogP contribution in [0.25, 0.3) is 11.3 Å². The van der Waals surface area contributed by atoms with Gasteiger partial charge in [0.1, 0.15) is 11.5 Å². The lowest BCUT2D eigenvalue weighted by Crippen LogP contribution is -1.80. The number of H-pyrrole nitrogens is 1. The molecule has 0 radical (unpaired) electrons. The van der Waals surface area contributed by atoms with Crippen molar-refractivity contribution in [3.8, 4) is 11.3 Å². The standard InChI is InChI=1S/C12H10BrFN2/c13-10-11(7-1-2-7)15-16-12(10)8-3-5-9(14)6-4-8/h3-7H,1-2H2,(H,15,16). The van der Waals surface area contributed by atoms with E-state index in [1.165, 1.54) is 30.7 Å². The fourth-order valence-corrected chi connectivity index (χ4v) is 2.51. The zero-order valence-electron chi connectivity index (χ0n) is 8.50. The maximum absolute atomic E-state index is 12.8. The second-order valence-electron chi connectivity index (χ2n) is 4.08. The lowest BCUT2D eigenvalue weighted by molar-refractivity contribution is 0.628. The minimum atomic E-state index is -0.224. The lowest BCUT2D eigenvalue weighted by Gasteiger charge is -1.98. The van der Waals surface area contributed by atoms with Gasteiger partial charge in [0.2, 0.25) is 0 Å². The van der Waals surface area contributed by atoms with E-state index in [2.05, 4.69) is 26.1 Å². The number of aromatic amines is 1. The first-order valence-corrected chi connectivity index (χ1v) is 6.04. The minimum absolute atomic E-state index is 0.224. The molecule has 0 spiro atoms. The number of nitrogens with zero attached hydrogens (tertiary/aromatic N) is 1. The third-order valence-corrected chi connectivity index (χ3v) is 3.64. The Balaban J connectivity index is 2.02. The third kappa shape index (κ3) is 1.67. The van der Waals surface area contributed by atoms with E-state index in [9.17, 15) is 4.39 Å². The van der Waals surface area contributed by atoms with Gasteiger partial charge in [0.05, 0.1) is 10.2 Å². The van der Waals surface area contributed by atoms with Crippen LogP contribution in [0.1, 0.15) is 24.5 Å². The van der Waals surface area contributed by atoms with Gasteiger partial charge in [-0.05, 0) is 53.0 Å². The first kappa shape index (κ1) is 10.0. The van der Waals surface area contributed by atoms with Crippen LogP contribution in [0.2, 0.25) is 0 Å². The van der Waals surface area contributed by atoms with Crippen molar-refractivity contribution >= 4 is 15.9 Å². The Labute approximate surface area is 101 Å². The van der Waals surface area contributed by atoms with E-state index >= 15 is 0 Å². The van der Waals surface area contributed by atoms with Crippen LogP contribution in [0.5, 0.6) is 0 Å². The van der Waals surface area contributed by atoms with Crippen LogP contribution in [-0.2, 0) is 0 Å². The molecule has 4 heteroatoms. The molecule has 1 aliphatic rings.